The molecule has 120 valence electrons. The van der Waals surface area contributed by atoms with E-state index < -0.39 is 6.09 Å². The second-order valence-corrected chi connectivity index (χ2v) is 5.60. The Kier molecular flexibility index (Phi) is 5.63. The summed E-state index contributed by atoms with van der Waals surface area (Å²) >= 11 is 5.92. The normalized spacial score (nSPS) is 19.2. The highest BCUT2D eigenvalue weighted by Crippen LogP contribution is 2.28. The molecular formula is C15H19ClN2O4. The van der Waals surface area contributed by atoms with Crippen molar-refractivity contribution in [2.24, 2.45) is 0 Å². The molecule has 0 aliphatic carbocycles. The van der Waals surface area contributed by atoms with Gasteiger partial charge >= 0.3 is 12.1 Å². The van der Waals surface area contributed by atoms with E-state index in [2.05, 4.69) is 10.1 Å². The summed E-state index contributed by atoms with van der Waals surface area (Å²) < 4.78 is 4.53. The zero-order chi connectivity index (χ0) is 16.1. The average molecular weight is 327 g/mol. The van der Waals surface area contributed by atoms with E-state index in [0.717, 1.165) is 30.5 Å². The van der Waals surface area contributed by atoms with E-state index in [1.165, 1.54) is 12.0 Å². The van der Waals surface area contributed by atoms with Gasteiger partial charge in [0.2, 0.25) is 0 Å². The van der Waals surface area contributed by atoms with E-state index in [0.29, 0.717) is 18.1 Å². The van der Waals surface area contributed by atoms with Crippen LogP contribution >= 0.6 is 11.6 Å². The molecule has 3 rings (SSSR count). The Hall–Kier alpha value is -1.79. The maximum absolute atomic E-state index is 10.7. The van der Waals surface area contributed by atoms with Gasteiger partial charge in [0.25, 0.3) is 0 Å². The summed E-state index contributed by atoms with van der Waals surface area (Å²) in [4.78, 5) is 22.7. The van der Waals surface area contributed by atoms with Gasteiger partial charge < -0.3 is 15.2 Å². The summed E-state index contributed by atoms with van der Waals surface area (Å²) in [6.07, 6.45) is 1.11. The van der Waals surface area contributed by atoms with Crippen molar-refractivity contribution in [3.8, 4) is 0 Å². The molecule has 1 fully saturated rings. The number of fused-ring (bicyclic) bond motifs is 1. The van der Waals surface area contributed by atoms with Crippen LogP contribution in [-0.4, -0.2) is 41.8 Å². The Balaban J connectivity index is 0.000000172. The van der Waals surface area contributed by atoms with E-state index in [-0.39, 0.29) is 12.0 Å². The van der Waals surface area contributed by atoms with Crippen LogP contribution in [0.2, 0.25) is 5.02 Å². The molecule has 2 N–H and O–H groups in total. The molecule has 22 heavy (non-hydrogen) atoms. The molecule has 1 saturated heterocycles. The maximum Gasteiger partial charge on any atom is 0.407 e. The SMILES string of the molecule is COC(=O)C1CCCN1.O=C(O)N1Cc2cccc(Cl)c2C1. The summed E-state index contributed by atoms with van der Waals surface area (Å²) in [5.74, 6) is -0.132. The third-order valence-corrected chi connectivity index (χ3v) is 4.10. The highest BCUT2D eigenvalue weighted by atomic mass is 35.5. The van der Waals surface area contributed by atoms with Gasteiger partial charge in [-0.25, -0.2) is 4.79 Å². The van der Waals surface area contributed by atoms with Gasteiger partial charge in [0.15, 0.2) is 0 Å². The lowest BCUT2D eigenvalue weighted by Gasteiger charge is -2.08. The topological polar surface area (TPSA) is 78.9 Å². The van der Waals surface area contributed by atoms with Gasteiger partial charge in [0, 0.05) is 11.6 Å². The number of ether oxygens (including phenoxy) is 1. The number of rotatable bonds is 1. The van der Waals surface area contributed by atoms with Gasteiger partial charge in [-0.05, 0) is 36.6 Å². The zero-order valence-electron chi connectivity index (χ0n) is 12.3. The Labute approximate surface area is 134 Å². The van der Waals surface area contributed by atoms with Crippen molar-refractivity contribution in [1.82, 2.24) is 10.2 Å². The standard InChI is InChI=1S/C9H8ClNO2.C6H11NO2/c10-8-3-1-2-6-4-11(9(12)13)5-7(6)8;1-9-6(8)5-3-2-4-7-5/h1-3H,4-5H2,(H,12,13);5,7H,2-4H2,1H3. The largest absolute Gasteiger partial charge is 0.468 e. The average Bonchev–Trinajstić information content (AvgIpc) is 3.17. The molecule has 7 heteroatoms. The van der Waals surface area contributed by atoms with Crippen LogP contribution in [0.3, 0.4) is 0 Å². The molecule has 6 nitrogen and oxygen atoms in total. The summed E-state index contributed by atoms with van der Waals surface area (Å²) in [6.45, 7) is 1.80. The van der Waals surface area contributed by atoms with Crippen LogP contribution in [0.5, 0.6) is 0 Å². The summed E-state index contributed by atoms with van der Waals surface area (Å²) in [6, 6.07) is 5.50. The fourth-order valence-electron chi connectivity index (χ4n) is 2.54. The molecule has 0 bridgehead atoms. The number of benzene rings is 1. The molecule has 0 radical (unpaired) electrons. The Morgan fingerprint density at radius 1 is 1.41 bits per heavy atom. The van der Waals surface area contributed by atoms with Crippen LogP contribution in [0.1, 0.15) is 24.0 Å². The predicted molar refractivity (Wildman–Crippen MR) is 81.8 cm³/mol. The Morgan fingerprint density at radius 2 is 2.18 bits per heavy atom. The molecular weight excluding hydrogens is 308 g/mol. The maximum atomic E-state index is 10.7. The van der Waals surface area contributed by atoms with E-state index in [1.807, 2.05) is 12.1 Å². The van der Waals surface area contributed by atoms with Gasteiger partial charge in [-0.3, -0.25) is 9.69 Å². The summed E-state index contributed by atoms with van der Waals surface area (Å²) in [7, 11) is 1.42. The second kappa shape index (κ2) is 7.47. The van der Waals surface area contributed by atoms with Gasteiger partial charge in [-0.15, -0.1) is 0 Å². The molecule has 1 aromatic carbocycles. The number of carboxylic acid groups (broad SMARTS) is 1. The first-order chi connectivity index (χ1) is 10.5. The quantitative estimate of drug-likeness (QED) is 0.774. The molecule has 1 unspecified atom stereocenters. The van der Waals surface area contributed by atoms with E-state index in [9.17, 15) is 9.59 Å². The van der Waals surface area contributed by atoms with Crippen molar-refractivity contribution in [2.75, 3.05) is 13.7 Å². The smallest absolute Gasteiger partial charge is 0.407 e. The minimum Gasteiger partial charge on any atom is -0.468 e. The van der Waals surface area contributed by atoms with Crippen molar-refractivity contribution < 1.29 is 19.4 Å². The van der Waals surface area contributed by atoms with Crippen LogP contribution in [-0.2, 0) is 22.6 Å². The molecule has 2 aliphatic rings. The number of methoxy groups -OCH3 is 1. The number of esters is 1. The third-order valence-electron chi connectivity index (χ3n) is 3.74. The lowest BCUT2D eigenvalue weighted by Crippen LogP contribution is -2.31. The van der Waals surface area contributed by atoms with Crippen LogP contribution < -0.4 is 5.32 Å². The molecule has 2 heterocycles. The lowest BCUT2D eigenvalue weighted by molar-refractivity contribution is -0.142. The van der Waals surface area contributed by atoms with Crippen LogP contribution in [0.15, 0.2) is 18.2 Å². The Morgan fingerprint density at radius 3 is 2.73 bits per heavy atom. The fourth-order valence-corrected chi connectivity index (χ4v) is 2.80. The molecule has 0 saturated carbocycles. The van der Waals surface area contributed by atoms with Gasteiger partial charge in [-0.2, -0.15) is 0 Å². The van der Waals surface area contributed by atoms with Crippen LogP contribution in [0.25, 0.3) is 0 Å². The van der Waals surface area contributed by atoms with Gasteiger partial charge in [0.05, 0.1) is 13.7 Å². The highest BCUT2D eigenvalue weighted by molar-refractivity contribution is 6.31. The molecule has 0 aromatic heterocycles. The number of carbonyl (C=O) groups is 2. The minimum absolute atomic E-state index is 0.0324. The number of nitrogens with zero attached hydrogens (tertiary/aromatic N) is 1. The van der Waals surface area contributed by atoms with E-state index >= 15 is 0 Å². The highest BCUT2D eigenvalue weighted by Gasteiger charge is 2.24. The molecule has 1 atom stereocenters. The van der Waals surface area contributed by atoms with Crippen molar-refractivity contribution in [2.45, 2.75) is 32.0 Å². The first-order valence-corrected chi connectivity index (χ1v) is 7.46. The fraction of sp³-hybridized carbons (Fsp3) is 0.467. The molecule has 2 aliphatic heterocycles. The lowest BCUT2D eigenvalue weighted by atomic mass is 10.1. The van der Waals surface area contributed by atoms with Crippen molar-refractivity contribution in [3.05, 3.63) is 34.3 Å². The van der Waals surface area contributed by atoms with E-state index in [4.69, 9.17) is 16.7 Å². The Bertz CT molecular complexity index is 558. The first kappa shape index (κ1) is 16.6. The number of carbonyl (C=O) groups excluding carboxylic acids is 1. The van der Waals surface area contributed by atoms with Crippen LogP contribution in [0, 0.1) is 0 Å². The minimum atomic E-state index is -0.896. The summed E-state index contributed by atoms with van der Waals surface area (Å²) in [5, 5.41) is 12.4. The third kappa shape index (κ3) is 3.90. The monoisotopic (exact) mass is 326 g/mol. The van der Waals surface area contributed by atoms with Crippen molar-refractivity contribution in [1.29, 1.82) is 0 Å². The van der Waals surface area contributed by atoms with Crippen molar-refractivity contribution in [3.63, 3.8) is 0 Å². The number of halogens is 1. The predicted octanol–water partition coefficient (Wildman–Crippen LogP) is 2.24. The first-order valence-electron chi connectivity index (χ1n) is 7.08. The second-order valence-electron chi connectivity index (χ2n) is 5.19. The van der Waals surface area contributed by atoms with Crippen molar-refractivity contribution >= 4 is 23.7 Å². The van der Waals surface area contributed by atoms with E-state index in [1.54, 1.807) is 6.07 Å². The zero-order valence-corrected chi connectivity index (χ0v) is 13.1. The number of hydrogen-bond acceptors (Lipinski definition) is 4. The molecule has 1 amide bonds. The van der Waals surface area contributed by atoms with Crippen LogP contribution in [0.4, 0.5) is 4.79 Å². The number of nitrogens with one attached hydrogen (secondary N) is 1. The number of hydrogen-bond donors (Lipinski definition) is 2. The van der Waals surface area contributed by atoms with Gasteiger partial charge in [-0.1, -0.05) is 23.7 Å². The molecule has 1 aromatic rings. The number of amides is 1. The summed E-state index contributed by atoms with van der Waals surface area (Å²) in [5.41, 5.74) is 1.95. The van der Waals surface area contributed by atoms with Gasteiger partial charge in [0.1, 0.15) is 6.04 Å². The molecule has 0 spiro atoms.